The van der Waals surface area contributed by atoms with E-state index in [-0.39, 0.29) is 6.61 Å². The lowest BCUT2D eigenvalue weighted by molar-refractivity contribution is 0.268. The Hall–Kier alpha value is -1.85. The molecule has 24 heavy (non-hydrogen) atoms. The lowest BCUT2D eigenvalue weighted by atomic mass is 10.1. The molecule has 0 radical (unpaired) electrons. The number of para-hydroxylation sites is 1. The van der Waals surface area contributed by atoms with E-state index >= 15 is 0 Å². The summed E-state index contributed by atoms with van der Waals surface area (Å²) in [6.45, 7) is 7.05. The number of hydrogen-bond acceptors (Lipinski definition) is 4. The zero-order valence-electron chi connectivity index (χ0n) is 14.7. The number of aliphatic hydroxyl groups excluding tert-OH is 1. The van der Waals surface area contributed by atoms with E-state index in [4.69, 9.17) is 5.11 Å². The number of rotatable bonds is 7. The van der Waals surface area contributed by atoms with Gasteiger partial charge in [0.15, 0.2) is 0 Å². The largest absolute Gasteiger partial charge is 0.394 e. The van der Waals surface area contributed by atoms with Gasteiger partial charge in [-0.2, -0.15) is 5.10 Å². The summed E-state index contributed by atoms with van der Waals surface area (Å²) in [5.74, 6) is 0.711. The van der Waals surface area contributed by atoms with Crippen LogP contribution in [-0.2, 0) is 13.1 Å². The summed E-state index contributed by atoms with van der Waals surface area (Å²) >= 11 is 0. The highest BCUT2D eigenvalue weighted by atomic mass is 16.3. The number of hydrogen-bond donors (Lipinski definition) is 1. The average Bonchev–Trinajstić information content (AvgIpc) is 3.16. The van der Waals surface area contributed by atoms with Crippen LogP contribution in [0.3, 0.4) is 0 Å². The molecule has 0 amide bonds. The summed E-state index contributed by atoms with van der Waals surface area (Å²) in [5, 5.41) is 13.5. The van der Waals surface area contributed by atoms with Crippen LogP contribution in [0.2, 0.25) is 0 Å². The van der Waals surface area contributed by atoms with Gasteiger partial charge < -0.3 is 14.9 Å². The van der Waals surface area contributed by atoms with E-state index in [9.17, 15) is 0 Å². The molecule has 0 aliphatic carbocycles. The maximum atomic E-state index is 9.03. The lowest BCUT2D eigenvalue weighted by Gasteiger charge is -2.22. The minimum atomic E-state index is 0.133. The van der Waals surface area contributed by atoms with Gasteiger partial charge in [-0.1, -0.05) is 18.2 Å². The van der Waals surface area contributed by atoms with E-state index in [1.54, 1.807) is 0 Å². The van der Waals surface area contributed by atoms with E-state index in [0.717, 1.165) is 31.9 Å². The van der Waals surface area contributed by atoms with Crippen molar-refractivity contribution < 1.29 is 5.11 Å². The van der Waals surface area contributed by atoms with Crippen molar-refractivity contribution in [2.45, 2.75) is 26.4 Å². The molecule has 5 nitrogen and oxygen atoms in total. The van der Waals surface area contributed by atoms with Crippen molar-refractivity contribution in [2.24, 2.45) is 5.92 Å². The van der Waals surface area contributed by atoms with E-state index in [0.29, 0.717) is 12.5 Å². The van der Waals surface area contributed by atoms with Gasteiger partial charge in [-0.3, -0.25) is 4.68 Å². The first kappa shape index (κ1) is 17.0. The molecule has 1 fully saturated rings. The van der Waals surface area contributed by atoms with Crippen LogP contribution >= 0.6 is 0 Å². The molecule has 130 valence electrons. The number of aromatic nitrogens is 2. The van der Waals surface area contributed by atoms with Gasteiger partial charge in [-0.05, 0) is 38.4 Å². The van der Waals surface area contributed by atoms with Crippen LogP contribution in [-0.4, -0.2) is 53.1 Å². The summed E-state index contributed by atoms with van der Waals surface area (Å²) in [6, 6.07) is 10.7. The van der Waals surface area contributed by atoms with Crippen molar-refractivity contribution in [2.75, 3.05) is 38.2 Å². The van der Waals surface area contributed by atoms with Crippen LogP contribution in [0, 0.1) is 12.8 Å². The van der Waals surface area contributed by atoms with Crippen molar-refractivity contribution in [3.63, 3.8) is 0 Å². The highest BCUT2D eigenvalue weighted by Crippen LogP contribution is 2.24. The monoisotopic (exact) mass is 328 g/mol. The third-order valence-electron chi connectivity index (χ3n) is 4.79. The Bertz CT molecular complexity index is 640. The molecule has 1 aliphatic heterocycles. The summed E-state index contributed by atoms with van der Waals surface area (Å²) in [4.78, 5) is 4.88. The van der Waals surface area contributed by atoms with Crippen molar-refractivity contribution in [3.8, 4) is 0 Å². The Morgan fingerprint density at radius 3 is 2.83 bits per heavy atom. The molecule has 1 aromatic heterocycles. The van der Waals surface area contributed by atoms with Crippen LogP contribution in [0.15, 0.2) is 36.5 Å². The molecule has 0 unspecified atom stereocenters. The van der Waals surface area contributed by atoms with E-state index in [2.05, 4.69) is 58.5 Å². The Balaban J connectivity index is 1.51. The molecule has 1 atom stereocenters. The topological polar surface area (TPSA) is 44.5 Å². The van der Waals surface area contributed by atoms with Gasteiger partial charge >= 0.3 is 0 Å². The van der Waals surface area contributed by atoms with Gasteiger partial charge in [-0.15, -0.1) is 0 Å². The van der Waals surface area contributed by atoms with Gasteiger partial charge in [-0.25, -0.2) is 0 Å². The molecule has 0 saturated carbocycles. The fourth-order valence-electron chi connectivity index (χ4n) is 3.58. The second-order valence-corrected chi connectivity index (χ2v) is 6.86. The zero-order valence-corrected chi connectivity index (χ0v) is 14.7. The van der Waals surface area contributed by atoms with E-state index in [1.807, 2.05) is 11.6 Å². The van der Waals surface area contributed by atoms with Crippen LogP contribution in [0.5, 0.6) is 0 Å². The van der Waals surface area contributed by atoms with Gasteiger partial charge in [0.05, 0.1) is 18.8 Å². The second-order valence-electron chi connectivity index (χ2n) is 6.86. The quantitative estimate of drug-likeness (QED) is 0.846. The standard InChI is InChI=1S/C19H28N4O/c1-16-18(15-23(20-16)10-11-24)14-21(2)12-17-8-9-22(13-17)19-6-4-3-5-7-19/h3-7,15,17,24H,8-14H2,1-2H3/t17-/m1/s1. The zero-order chi connectivity index (χ0) is 16.9. The number of aliphatic hydroxyl groups is 1. The Morgan fingerprint density at radius 2 is 2.08 bits per heavy atom. The highest BCUT2D eigenvalue weighted by Gasteiger charge is 2.24. The van der Waals surface area contributed by atoms with Crippen LogP contribution < -0.4 is 4.90 Å². The molecule has 0 bridgehead atoms. The number of aryl methyl sites for hydroxylation is 1. The molecular weight excluding hydrogens is 300 g/mol. The Kier molecular flexibility index (Phi) is 5.53. The van der Waals surface area contributed by atoms with Crippen molar-refractivity contribution in [1.82, 2.24) is 14.7 Å². The Labute approximate surface area is 144 Å². The molecule has 2 aromatic rings. The fraction of sp³-hybridized carbons (Fsp3) is 0.526. The third kappa shape index (κ3) is 4.16. The normalized spacial score (nSPS) is 17.8. The van der Waals surface area contributed by atoms with Crippen LogP contribution in [0.4, 0.5) is 5.69 Å². The van der Waals surface area contributed by atoms with Crippen molar-refractivity contribution >= 4 is 5.69 Å². The average molecular weight is 328 g/mol. The summed E-state index contributed by atoms with van der Waals surface area (Å²) in [7, 11) is 2.19. The van der Waals surface area contributed by atoms with Gasteiger partial charge in [0.2, 0.25) is 0 Å². The molecule has 1 saturated heterocycles. The summed E-state index contributed by atoms with van der Waals surface area (Å²) in [5.41, 5.74) is 3.65. The highest BCUT2D eigenvalue weighted by molar-refractivity contribution is 5.46. The summed E-state index contributed by atoms with van der Waals surface area (Å²) in [6.07, 6.45) is 3.31. The smallest absolute Gasteiger partial charge is 0.0641 e. The molecule has 0 spiro atoms. The first-order chi connectivity index (χ1) is 11.7. The minimum absolute atomic E-state index is 0.133. The predicted molar refractivity (Wildman–Crippen MR) is 97.1 cm³/mol. The summed E-state index contributed by atoms with van der Waals surface area (Å²) < 4.78 is 1.84. The van der Waals surface area contributed by atoms with Crippen molar-refractivity contribution in [3.05, 3.63) is 47.8 Å². The maximum absolute atomic E-state index is 9.03. The van der Waals surface area contributed by atoms with Gasteiger partial charge in [0, 0.05) is 43.6 Å². The first-order valence-electron chi connectivity index (χ1n) is 8.78. The predicted octanol–water partition coefficient (Wildman–Crippen LogP) is 2.14. The molecular formula is C19H28N4O. The Morgan fingerprint density at radius 1 is 1.29 bits per heavy atom. The molecule has 2 heterocycles. The number of anilines is 1. The molecule has 1 N–H and O–H groups in total. The first-order valence-corrected chi connectivity index (χ1v) is 8.78. The van der Waals surface area contributed by atoms with Crippen molar-refractivity contribution in [1.29, 1.82) is 0 Å². The van der Waals surface area contributed by atoms with E-state index in [1.165, 1.54) is 17.7 Å². The third-order valence-corrected chi connectivity index (χ3v) is 4.79. The van der Waals surface area contributed by atoms with Crippen LogP contribution in [0.1, 0.15) is 17.7 Å². The number of nitrogens with zero attached hydrogens (tertiary/aromatic N) is 4. The maximum Gasteiger partial charge on any atom is 0.0641 e. The molecule has 1 aliphatic rings. The number of benzene rings is 1. The van der Waals surface area contributed by atoms with E-state index < -0.39 is 0 Å². The van der Waals surface area contributed by atoms with Gasteiger partial charge in [0.25, 0.3) is 0 Å². The molecule has 5 heteroatoms. The fourth-order valence-corrected chi connectivity index (χ4v) is 3.58. The molecule has 3 rings (SSSR count). The SMILES string of the molecule is Cc1nn(CCO)cc1CN(C)C[C@H]1CCN(c2ccccc2)C1. The van der Waals surface area contributed by atoms with Gasteiger partial charge in [0.1, 0.15) is 0 Å². The van der Waals surface area contributed by atoms with Crippen LogP contribution in [0.25, 0.3) is 0 Å². The lowest BCUT2D eigenvalue weighted by Crippen LogP contribution is -2.28. The molecule has 1 aromatic carbocycles. The second kappa shape index (κ2) is 7.81. The minimum Gasteiger partial charge on any atom is -0.394 e.